The highest BCUT2D eigenvalue weighted by Crippen LogP contribution is 2.36. The van der Waals surface area contributed by atoms with Crippen molar-refractivity contribution in [3.05, 3.63) is 38.0 Å². The molecule has 1 aliphatic rings. The summed E-state index contributed by atoms with van der Waals surface area (Å²) in [7, 11) is 0. The summed E-state index contributed by atoms with van der Waals surface area (Å²) in [5.74, 6) is 0.446. The molecule has 18 heavy (non-hydrogen) atoms. The zero-order chi connectivity index (χ0) is 12.5. The second-order valence-electron chi connectivity index (χ2n) is 4.74. The summed E-state index contributed by atoms with van der Waals surface area (Å²) in [6.45, 7) is 1.98. The van der Waals surface area contributed by atoms with E-state index in [9.17, 15) is 4.79 Å². The van der Waals surface area contributed by atoms with Gasteiger partial charge in [0, 0.05) is 16.2 Å². The molecule has 0 radical (unpaired) electrons. The van der Waals surface area contributed by atoms with Crippen molar-refractivity contribution in [1.29, 1.82) is 0 Å². The molecule has 2 aromatic heterocycles. The Morgan fingerprint density at radius 3 is 3.17 bits per heavy atom. The number of nitrogens with zero attached hydrogens (tertiary/aromatic N) is 1. The molecule has 0 bridgehead atoms. The van der Waals surface area contributed by atoms with Crippen LogP contribution in [0.2, 0.25) is 0 Å². The van der Waals surface area contributed by atoms with Gasteiger partial charge in [-0.05, 0) is 43.2 Å². The first-order chi connectivity index (χ1) is 8.74. The predicted octanol–water partition coefficient (Wildman–Crippen LogP) is 3.74. The number of hydrogen-bond acceptors (Lipinski definition) is 4. The molecule has 4 heteroatoms. The number of hydrogen-bond donors (Lipinski definition) is 0. The maximum atomic E-state index is 12.4. The highest BCUT2D eigenvalue weighted by Gasteiger charge is 2.27. The summed E-state index contributed by atoms with van der Waals surface area (Å²) in [6.07, 6.45) is 3.78. The van der Waals surface area contributed by atoms with E-state index in [4.69, 9.17) is 0 Å². The lowest BCUT2D eigenvalue weighted by Gasteiger charge is -2.21. The number of fused-ring (bicyclic) bond motifs is 1. The SMILES string of the molecule is Cc1nc(CC(=O)C2CCCc3sccc32)cs1. The van der Waals surface area contributed by atoms with Gasteiger partial charge in [0.15, 0.2) is 0 Å². The molecule has 0 N–H and O–H groups in total. The average Bonchev–Trinajstić information content (AvgIpc) is 2.97. The molecule has 0 fully saturated rings. The molecule has 94 valence electrons. The van der Waals surface area contributed by atoms with Gasteiger partial charge in [0.25, 0.3) is 0 Å². The third-order valence-electron chi connectivity index (χ3n) is 3.46. The van der Waals surface area contributed by atoms with E-state index in [0.717, 1.165) is 30.0 Å². The molecule has 0 saturated carbocycles. The number of thiophene rings is 1. The largest absolute Gasteiger partial charge is 0.299 e. The topological polar surface area (TPSA) is 30.0 Å². The first-order valence-corrected chi connectivity index (χ1v) is 8.00. The van der Waals surface area contributed by atoms with Gasteiger partial charge in [-0.3, -0.25) is 4.79 Å². The smallest absolute Gasteiger partial charge is 0.146 e. The Morgan fingerprint density at radius 2 is 2.39 bits per heavy atom. The van der Waals surface area contributed by atoms with Crippen molar-refractivity contribution in [2.24, 2.45) is 0 Å². The highest BCUT2D eigenvalue weighted by atomic mass is 32.1. The lowest BCUT2D eigenvalue weighted by atomic mass is 9.83. The molecule has 3 rings (SSSR count). The minimum Gasteiger partial charge on any atom is -0.299 e. The van der Waals surface area contributed by atoms with Crippen molar-refractivity contribution >= 4 is 28.5 Å². The van der Waals surface area contributed by atoms with E-state index in [0.29, 0.717) is 12.2 Å². The molecule has 0 spiro atoms. The molecule has 1 aliphatic carbocycles. The van der Waals surface area contributed by atoms with E-state index in [-0.39, 0.29) is 5.92 Å². The molecular weight excluding hydrogens is 262 g/mol. The van der Waals surface area contributed by atoms with E-state index in [2.05, 4.69) is 16.4 Å². The van der Waals surface area contributed by atoms with E-state index < -0.39 is 0 Å². The number of rotatable bonds is 3. The Labute approximate surface area is 115 Å². The van der Waals surface area contributed by atoms with Gasteiger partial charge < -0.3 is 0 Å². The summed E-state index contributed by atoms with van der Waals surface area (Å²) in [5, 5.41) is 5.16. The van der Waals surface area contributed by atoms with Crippen molar-refractivity contribution in [2.45, 2.75) is 38.5 Å². The molecule has 2 heterocycles. The minimum atomic E-state index is 0.113. The summed E-state index contributed by atoms with van der Waals surface area (Å²) < 4.78 is 0. The van der Waals surface area contributed by atoms with Crippen LogP contribution in [0.5, 0.6) is 0 Å². The van der Waals surface area contributed by atoms with Crippen LogP contribution in [0.25, 0.3) is 0 Å². The first-order valence-electron chi connectivity index (χ1n) is 6.24. The maximum absolute atomic E-state index is 12.4. The molecule has 2 nitrogen and oxygen atoms in total. The number of carbonyl (C=O) groups is 1. The van der Waals surface area contributed by atoms with Gasteiger partial charge in [0.2, 0.25) is 0 Å². The van der Waals surface area contributed by atoms with Crippen molar-refractivity contribution in [2.75, 3.05) is 0 Å². The van der Waals surface area contributed by atoms with E-state index >= 15 is 0 Å². The van der Waals surface area contributed by atoms with Gasteiger partial charge in [-0.15, -0.1) is 22.7 Å². The van der Waals surface area contributed by atoms with Crippen molar-refractivity contribution in [3.63, 3.8) is 0 Å². The number of carbonyl (C=O) groups excluding carboxylic acids is 1. The second-order valence-corrected chi connectivity index (χ2v) is 6.81. The van der Waals surface area contributed by atoms with Crippen LogP contribution in [0, 0.1) is 6.92 Å². The zero-order valence-corrected chi connectivity index (χ0v) is 11.9. The van der Waals surface area contributed by atoms with Crippen LogP contribution in [0.4, 0.5) is 0 Å². The Bertz CT molecular complexity index is 570. The van der Waals surface area contributed by atoms with E-state index in [1.54, 1.807) is 22.7 Å². The third-order valence-corrected chi connectivity index (χ3v) is 5.28. The van der Waals surface area contributed by atoms with Crippen LogP contribution in [0.3, 0.4) is 0 Å². The summed E-state index contributed by atoms with van der Waals surface area (Å²) >= 11 is 3.41. The Morgan fingerprint density at radius 1 is 1.50 bits per heavy atom. The normalized spacial score (nSPS) is 18.6. The van der Waals surface area contributed by atoms with Crippen LogP contribution < -0.4 is 0 Å². The van der Waals surface area contributed by atoms with Crippen molar-refractivity contribution < 1.29 is 4.79 Å². The fourth-order valence-corrected chi connectivity index (χ4v) is 4.21. The number of thiazole rings is 1. The molecule has 1 atom stereocenters. The average molecular weight is 277 g/mol. The summed E-state index contributed by atoms with van der Waals surface area (Å²) in [4.78, 5) is 18.2. The standard InChI is InChI=1S/C14H15NOS2/c1-9-15-10(8-18-9)7-13(16)11-3-2-4-14-12(11)5-6-17-14/h5-6,8,11H,2-4,7H2,1H3. The predicted molar refractivity (Wildman–Crippen MR) is 75.6 cm³/mol. The number of ketones is 1. The molecule has 0 aromatic carbocycles. The fraction of sp³-hybridized carbons (Fsp3) is 0.429. The monoisotopic (exact) mass is 277 g/mol. The van der Waals surface area contributed by atoms with Gasteiger partial charge in [-0.25, -0.2) is 4.98 Å². The van der Waals surface area contributed by atoms with Gasteiger partial charge >= 0.3 is 0 Å². The Kier molecular flexibility index (Phi) is 3.31. The Balaban J connectivity index is 1.78. The highest BCUT2D eigenvalue weighted by molar-refractivity contribution is 7.10. The van der Waals surface area contributed by atoms with Gasteiger partial charge in [0.1, 0.15) is 5.78 Å². The summed E-state index contributed by atoms with van der Waals surface area (Å²) in [6, 6.07) is 2.13. The van der Waals surface area contributed by atoms with Gasteiger partial charge in [0.05, 0.1) is 17.1 Å². The van der Waals surface area contributed by atoms with Gasteiger partial charge in [-0.1, -0.05) is 0 Å². The minimum absolute atomic E-state index is 0.113. The molecule has 0 saturated heterocycles. The molecule has 1 unspecified atom stereocenters. The Hall–Kier alpha value is -1.00. The molecular formula is C14H15NOS2. The fourth-order valence-electron chi connectivity index (χ4n) is 2.61. The maximum Gasteiger partial charge on any atom is 0.146 e. The van der Waals surface area contributed by atoms with Crippen LogP contribution in [0.1, 0.15) is 39.9 Å². The van der Waals surface area contributed by atoms with Gasteiger partial charge in [-0.2, -0.15) is 0 Å². The van der Waals surface area contributed by atoms with E-state index in [1.807, 2.05) is 12.3 Å². The second kappa shape index (κ2) is 4.94. The number of aromatic nitrogens is 1. The zero-order valence-electron chi connectivity index (χ0n) is 10.3. The van der Waals surface area contributed by atoms with Crippen LogP contribution in [-0.2, 0) is 17.6 Å². The molecule has 2 aromatic rings. The number of Topliss-reactive ketones (excluding diaryl/α,β-unsaturated/α-hetero) is 1. The van der Waals surface area contributed by atoms with Crippen LogP contribution in [0.15, 0.2) is 16.8 Å². The summed E-state index contributed by atoms with van der Waals surface area (Å²) in [5.41, 5.74) is 2.22. The first kappa shape index (κ1) is 12.1. The lowest BCUT2D eigenvalue weighted by Crippen LogP contribution is -2.19. The lowest BCUT2D eigenvalue weighted by molar-refractivity contribution is -0.120. The molecule has 0 aliphatic heterocycles. The van der Waals surface area contributed by atoms with Crippen molar-refractivity contribution in [3.8, 4) is 0 Å². The van der Waals surface area contributed by atoms with Crippen LogP contribution in [-0.4, -0.2) is 10.8 Å². The van der Waals surface area contributed by atoms with E-state index in [1.165, 1.54) is 10.4 Å². The molecule has 0 amide bonds. The number of aryl methyl sites for hydroxylation is 2. The third kappa shape index (κ3) is 2.27. The quantitative estimate of drug-likeness (QED) is 0.855. The van der Waals surface area contributed by atoms with Crippen LogP contribution >= 0.6 is 22.7 Å². The van der Waals surface area contributed by atoms with Crippen molar-refractivity contribution in [1.82, 2.24) is 4.98 Å².